The number of para-hydroxylation sites is 1. The van der Waals surface area contributed by atoms with Crippen molar-refractivity contribution < 1.29 is 33.3 Å². The molecule has 2 bridgehead atoms. The van der Waals surface area contributed by atoms with Crippen LogP contribution in [0.4, 0.5) is 5.69 Å². The molecule has 2 aliphatic heterocycles. The summed E-state index contributed by atoms with van der Waals surface area (Å²) in [6.45, 7) is 3.14. The summed E-state index contributed by atoms with van der Waals surface area (Å²) in [5.74, 6) is -1.59. The van der Waals surface area contributed by atoms with Crippen molar-refractivity contribution in [1.82, 2.24) is 4.90 Å². The molecule has 1 saturated heterocycles. The summed E-state index contributed by atoms with van der Waals surface area (Å²) in [5.41, 5.74) is 1.67. The Morgan fingerprint density at radius 2 is 1.60 bits per heavy atom. The number of benzene rings is 3. The number of likely N-dealkylation sites (N-methyl/N-ethyl adjacent to an activating group) is 1. The summed E-state index contributed by atoms with van der Waals surface area (Å²) in [4.78, 5) is 29.2. The average molecular weight is 573 g/mol. The van der Waals surface area contributed by atoms with Crippen LogP contribution >= 0.6 is 0 Å². The van der Waals surface area contributed by atoms with E-state index in [9.17, 15) is 9.59 Å². The highest BCUT2D eigenvalue weighted by atomic mass is 16.8. The van der Waals surface area contributed by atoms with Crippen LogP contribution in [0.25, 0.3) is 0 Å². The molecule has 4 unspecified atom stereocenters. The third-order valence-electron chi connectivity index (χ3n) is 7.25. The van der Waals surface area contributed by atoms with Gasteiger partial charge in [-0.15, -0.1) is 0 Å². The van der Waals surface area contributed by atoms with Crippen LogP contribution < -0.4 is 14.8 Å². The SMILES string of the molecule is COC(=O)C1=C(C(=O)Nc2ccc(OCCN(C)C)cc2)C2OC1(C(Cc1ccccc1)Oc1ccccc1)OC2C. The molecule has 4 atom stereocenters. The van der Waals surface area contributed by atoms with Gasteiger partial charge in [0.05, 0.1) is 18.8 Å². The highest BCUT2D eigenvalue weighted by Crippen LogP contribution is 2.50. The third-order valence-corrected chi connectivity index (χ3v) is 7.25. The van der Waals surface area contributed by atoms with Crippen molar-refractivity contribution in [3.05, 3.63) is 102 Å². The van der Waals surface area contributed by atoms with Crippen molar-refractivity contribution in [2.75, 3.05) is 39.7 Å². The van der Waals surface area contributed by atoms with Crippen molar-refractivity contribution in [2.45, 2.75) is 37.4 Å². The fraction of sp³-hybridized carbons (Fsp3) is 0.333. The number of rotatable bonds is 12. The number of hydrogen-bond acceptors (Lipinski definition) is 8. The summed E-state index contributed by atoms with van der Waals surface area (Å²) in [5, 5.41) is 2.91. The Labute approximate surface area is 246 Å². The molecule has 0 spiro atoms. The number of nitrogens with one attached hydrogen (secondary N) is 1. The van der Waals surface area contributed by atoms with Gasteiger partial charge in [0.2, 0.25) is 5.79 Å². The number of ether oxygens (including phenoxy) is 5. The topological polar surface area (TPSA) is 95.6 Å². The van der Waals surface area contributed by atoms with Crippen molar-refractivity contribution in [3.63, 3.8) is 0 Å². The molecule has 5 rings (SSSR count). The van der Waals surface area contributed by atoms with Gasteiger partial charge < -0.3 is 33.9 Å². The minimum absolute atomic E-state index is 0.00565. The van der Waals surface area contributed by atoms with E-state index in [-0.39, 0.29) is 11.1 Å². The highest BCUT2D eigenvalue weighted by molar-refractivity contribution is 6.11. The molecule has 0 radical (unpaired) electrons. The minimum Gasteiger partial charge on any atom is -0.492 e. The van der Waals surface area contributed by atoms with Gasteiger partial charge in [0.25, 0.3) is 5.91 Å². The molecular weight excluding hydrogens is 536 g/mol. The molecule has 1 N–H and O–H groups in total. The van der Waals surface area contributed by atoms with Crippen molar-refractivity contribution in [3.8, 4) is 11.5 Å². The number of amides is 1. The van der Waals surface area contributed by atoms with Gasteiger partial charge in [0.1, 0.15) is 29.8 Å². The Balaban J connectivity index is 1.47. The maximum atomic E-state index is 13.8. The summed E-state index contributed by atoms with van der Waals surface area (Å²) >= 11 is 0. The number of carbonyl (C=O) groups excluding carboxylic acids is 2. The predicted molar refractivity (Wildman–Crippen MR) is 157 cm³/mol. The summed E-state index contributed by atoms with van der Waals surface area (Å²) in [6.07, 6.45) is -1.79. The maximum Gasteiger partial charge on any atom is 0.339 e. The maximum absolute atomic E-state index is 13.8. The molecule has 0 saturated carbocycles. The molecule has 9 heteroatoms. The van der Waals surface area contributed by atoms with Gasteiger partial charge >= 0.3 is 5.97 Å². The first-order chi connectivity index (χ1) is 20.3. The molecular formula is C33H36N2O7. The van der Waals surface area contributed by atoms with Crippen LogP contribution in [-0.4, -0.2) is 75.2 Å². The van der Waals surface area contributed by atoms with E-state index in [1.54, 1.807) is 24.3 Å². The number of esters is 1. The zero-order valence-electron chi connectivity index (χ0n) is 24.2. The van der Waals surface area contributed by atoms with Crippen LogP contribution in [0.1, 0.15) is 12.5 Å². The normalized spacial score (nSPS) is 21.7. The highest BCUT2D eigenvalue weighted by Gasteiger charge is 2.66. The first-order valence-corrected chi connectivity index (χ1v) is 13.9. The van der Waals surface area contributed by atoms with E-state index < -0.39 is 36.0 Å². The summed E-state index contributed by atoms with van der Waals surface area (Å²) in [6, 6.07) is 26.0. The van der Waals surface area contributed by atoms with Gasteiger partial charge in [0, 0.05) is 18.7 Å². The van der Waals surface area contributed by atoms with Gasteiger partial charge in [-0.05, 0) is 63.0 Å². The monoisotopic (exact) mass is 572 g/mol. The van der Waals surface area contributed by atoms with Crippen LogP contribution in [0.5, 0.6) is 11.5 Å². The third kappa shape index (κ3) is 6.18. The second-order valence-electron chi connectivity index (χ2n) is 10.5. The molecule has 2 aliphatic rings. The molecule has 0 aliphatic carbocycles. The molecule has 0 aromatic heterocycles. The van der Waals surface area contributed by atoms with Crippen LogP contribution in [0.3, 0.4) is 0 Å². The Hall–Kier alpha value is -4.18. The first kappa shape index (κ1) is 29.3. The van der Waals surface area contributed by atoms with E-state index in [1.807, 2.05) is 86.6 Å². The fourth-order valence-electron chi connectivity index (χ4n) is 5.23. The predicted octanol–water partition coefficient (Wildman–Crippen LogP) is 4.24. The molecule has 3 aromatic carbocycles. The second-order valence-corrected chi connectivity index (χ2v) is 10.5. The number of methoxy groups -OCH3 is 1. The van der Waals surface area contributed by atoms with E-state index >= 15 is 0 Å². The van der Waals surface area contributed by atoms with Crippen molar-refractivity contribution >= 4 is 17.6 Å². The van der Waals surface area contributed by atoms with Crippen molar-refractivity contribution in [2.24, 2.45) is 0 Å². The van der Waals surface area contributed by atoms with Crippen molar-refractivity contribution in [1.29, 1.82) is 0 Å². The number of anilines is 1. The van der Waals surface area contributed by atoms with Gasteiger partial charge in [-0.25, -0.2) is 4.79 Å². The second kappa shape index (κ2) is 12.8. The van der Waals surface area contributed by atoms with Gasteiger partial charge in [0.15, 0.2) is 6.10 Å². The van der Waals surface area contributed by atoms with E-state index in [2.05, 4.69) is 5.32 Å². The number of carbonyl (C=O) groups is 2. The Morgan fingerprint density at radius 3 is 2.24 bits per heavy atom. The minimum atomic E-state index is -1.67. The van der Waals surface area contributed by atoms with Gasteiger partial charge in [-0.1, -0.05) is 48.5 Å². The summed E-state index contributed by atoms with van der Waals surface area (Å²) < 4.78 is 30.3. The van der Waals surface area contributed by atoms with E-state index in [1.165, 1.54) is 7.11 Å². The molecule has 3 aromatic rings. The lowest BCUT2D eigenvalue weighted by atomic mass is 9.88. The lowest BCUT2D eigenvalue weighted by Crippen LogP contribution is -2.52. The fourth-order valence-corrected chi connectivity index (χ4v) is 5.23. The van der Waals surface area contributed by atoms with Gasteiger partial charge in [-0.2, -0.15) is 0 Å². The molecule has 1 fully saturated rings. The number of hydrogen-bond donors (Lipinski definition) is 1. The average Bonchev–Trinajstić information content (AvgIpc) is 3.52. The summed E-state index contributed by atoms with van der Waals surface area (Å²) in [7, 11) is 5.23. The largest absolute Gasteiger partial charge is 0.492 e. The standard InChI is InChI=1S/C33H36N2O7/c1-22-30-28(31(36)34-24-15-17-25(18-16-24)39-20-19-35(2)3)29(32(37)38-4)33(41-22,42-30)27(21-23-11-7-5-8-12-23)40-26-13-9-6-10-14-26/h5-18,22,27,30H,19-21H2,1-4H3,(H,34,36). The lowest BCUT2D eigenvalue weighted by Gasteiger charge is -2.36. The quantitative estimate of drug-likeness (QED) is 0.322. The van der Waals surface area contributed by atoms with E-state index in [0.717, 1.165) is 12.1 Å². The van der Waals surface area contributed by atoms with E-state index in [0.29, 0.717) is 30.2 Å². The van der Waals surface area contributed by atoms with E-state index in [4.69, 9.17) is 23.7 Å². The molecule has 42 heavy (non-hydrogen) atoms. The van der Waals surface area contributed by atoms with Crippen LogP contribution in [0.15, 0.2) is 96.1 Å². The number of nitrogens with zero attached hydrogens (tertiary/aromatic N) is 1. The van der Waals surface area contributed by atoms with Crippen LogP contribution in [0.2, 0.25) is 0 Å². The Morgan fingerprint density at radius 1 is 0.929 bits per heavy atom. The zero-order chi connectivity index (χ0) is 29.7. The first-order valence-electron chi connectivity index (χ1n) is 13.9. The zero-order valence-corrected chi connectivity index (χ0v) is 24.2. The van der Waals surface area contributed by atoms with Crippen LogP contribution in [0, 0.1) is 0 Å². The Bertz CT molecular complexity index is 1370. The van der Waals surface area contributed by atoms with Gasteiger partial charge in [-0.3, -0.25) is 4.79 Å². The lowest BCUT2D eigenvalue weighted by molar-refractivity contribution is -0.195. The molecule has 2 heterocycles. The molecule has 220 valence electrons. The molecule has 9 nitrogen and oxygen atoms in total. The number of fused-ring (bicyclic) bond motifs is 2. The van der Waals surface area contributed by atoms with Crippen LogP contribution in [-0.2, 0) is 30.2 Å². The Kier molecular flexibility index (Phi) is 8.91. The smallest absolute Gasteiger partial charge is 0.339 e. The molecule has 1 amide bonds.